The van der Waals surface area contributed by atoms with Crippen LogP contribution in [0.4, 0.5) is 4.39 Å². The fourth-order valence-corrected chi connectivity index (χ4v) is 3.14. The van der Waals surface area contributed by atoms with E-state index >= 15 is 0 Å². The quantitative estimate of drug-likeness (QED) is 0.658. The summed E-state index contributed by atoms with van der Waals surface area (Å²) in [6.45, 7) is 1.62. The lowest BCUT2D eigenvalue weighted by atomic mass is 10.1. The molecule has 1 saturated heterocycles. The fraction of sp³-hybridized carbons (Fsp3) is 0.400. The van der Waals surface area contributed by atoms with Crippen LogP contribution in [-0.4, -0.2) is 77.3 Å². The molecule has 1 aliphatic rings. The van der Waals surface area contributed by atoms with Gasteiger partial charge >= 0.3 is 0 Å². The molecule has 1 unspecified atom stereocenters. The molecule has 1 N–H and O–H groups in total. The van der Waals surface area contributed by atoms with Gasteiger partial charge in [0.05, 0.1) is 6.54 Å². The van der Waals surface area contributed by atoms with E-state index in [0.717, 1.165) is 4.68 Å². The predicted molar refractivity (Wildman–Crippen MR) is 107 cm³/mol. The van der Waals surface area contributed by atoms with Gasteiger partial charge < -0.3 is 15.0 Å². The maximum Gasteiger partial charge on any atom is 0.274 e. The van der Waals surface area contributed by atoms with Gasteiger partial charge in [-0.3, -0.25) is 19.3 Å². The normalized spacial score (nSPS) is 16.9. The van der Waals surface area contributed by atoms with E-state index in [0.29, 0.717) is 18.8 Å². The first kappa shape index (κ1) is 21.4. The van der Waals surface area contributed by atoms with Gasteiger partial charge in [0, 0.05) is 38.8 Å². The van der Waals surface area contributed by atoms with Crippen LogP contribution in [0.15, 0.2) is 41.2 Å². The van der Waals surface area contributed by atoms with Crippen molar-refractivity contribution in [2.45, 2.75) is 6.04 Å². The lowest BCUT2D eigenvalue weighted by Crippen LogP contribution is -2.59. The second kappa shape index (κ2) is 9.49. The molecule has 1 fully saturated rings. The number of nitrogens with one attached hydrogen (secondary N) is 1. The summed E-state index contributed by atoms with van der Waals surface area (Å²) in [4.78, 5) is 40.2. The van der Waals surface area contributed by atoms with E-state index in [-0.39, 0.29) is 42.8 Å². The molecule has 0 radical (unpaired) electrons. The van der Waals surface area contributed by atoms with Crippen molar-refractivity contribution in [3.8, 4) is 5.75 Å². The van der Waals surface area contributed by atoms with Crippen LogP contribution in [-0.2, 0) is 11.8 Å². The van der Waals surface area contributed by atoms with Crippen molar-refractivity contribution in [3.63, 3.8) is 0 Å². The van der Waals surface area contributed by atoms with Crippen molar-refractivity contribution in [2.24, 2.45) is 7.05 Å². The molecule has 1 aliphatic heterocycles. The molecule has 3 rings (SSSR count). The van der Waals surface area contributed by atoms with Crippen LogP contribution >= 0.6 is 0 Å². The Hall–Kier alpha value is -3.27. The zero-order valence-corrected chi connectivity index (χ0v) is 16.9. The van der Waals surface area contributed by atoms with Gasteiger partial charge in [-0.1, -0.05) is 6.07 Å². The smallest absolute Gasteiger partial charge is 0.274 e. The third kappa shape index (κ3) is 5.20. The van der Waals surface area contributed by atoms with Crippen LogP contribution < -0.4 is 15.6 Å². The van der Waals surface area contributed by atoms with E-state index in [4.69, 9.17) is 4.74 Å². The number of ether oxygens (including phenoxy) is 1. The van der Waals surface area contributed by atoms with Gasteiger partial charge in [0.15, 0.2) is 0 Å². The molecule has 0 saturated carbocycles. The Morgan fingerprint density at radius 2 is 2.03 bits per heavy atom. The number of hydrogen-bond acceptors (Lipinski definition) is 6. The van der Waals surface area contributed by atoms with Crippen molar-refractivity contribution >= 4 is 11.8 Å². The molecule has 10 heteroatoms. The Kier molecular flexibility index (Phi) is 6.78. The number of aromatic nitrogens is 2. The Balaban J connectivity index is 1.54. The summed E-state index contributed by atoms with van der Waals surface area (Å²) in [6.07, 6.45) is 0. The molecule has 160 valence electrons. The maximum absolute atomic E-state index is 13.1. The number of carbonyl (C=O) groups excluding carboxylic acids is 2. The van der Waals surface area contributed by atoms with Crippen LogP contribution in [0, 0.1) is 5.82 Å². The van der Waals surface area contributed by atoms with Crippen molar-refractivity contribution in [2.75, 3.05) is 39.8 Å². The molecule has 2 aromatic rings. The van der Waals surface area contributed by atoms with Crippen molar-refractivity contribution in [1.82, 2.24) is 24.9 Å². The summed E-state index contributed by atoms with van der Waals surface area (Å²) in [5.74, 6) is -0.559. The zero-order valence-electron chi connectivity index (χ0n) is 16.9. The molecular weight excluding hydrogens is 393 g/mol. The Bertz CT molecular complexity index is 980. The molecule has 9 nitrogen and oxygen atoms in total. The van der Waals surface area contributed by atoms with Gasteiger partial charge in [0.2, 0.25) is 5.91 Å². The number of carbonyl (C=O) groups is 2. The first-order chi connectivity index (χ1) is 14.3. The number of amides is 2. The minimum absolute atomic E-state index is 0.157. The molecule has 1 atom stereocenters. The number of nitrogens with zero attached hydrogens (tertiary/aromatic N) is 4. The molecule has 0 spiro atoms. The predicted octanol–water partition coefficient (Wildman–Crippen LogP) is -0.129. The number of rotatable bonds is 6. The van der Waals surface area contributed by atoms with Crippen molar-refractivity contribution in [1.29, 1.82) is 0 Å². The molecule has 1 aromatic heterocycles. The number of likely N-dealkylation sites (N-methyl/N-ethyl adjacent to an activating group) is 1. The van der Waals surface area contributed by atoms with Gasteiger partial charge in [-0.2, -0.15) is 5.10 Å². The van der Waals surface area contributed by atoms with Gasteiger partial charge in [-0.05, 0) is 25.2 Å². The minimum Gasteiger partial charge on any atom is -0.492 e. The van der Waals surface area contributed by atoms with Gasteiger partial charge in [0.25, 0.3) is 11.5 Å². The third-order valence-corrected chi connectivity index (χ3v) is 4.88. The minimum atomic E-state index is -0.524. The number of aryl methyl sites for hydroxylation is 1. The third-order valence-electron chi connectivity index (χ3n) is 4.88. The van der Waals surface area contributed by atoms with Gasteiger partial charge in [-0.25, -0.2) is 9.07 Å². The highest BCUT2D eigenvalue weighted by Crippen LogP contribution is 2.12. The van der Waals surface area contributed by atoms with E-state index in [1.54, 1.807) is 17.0 Å². The molecular formula is C20H24FN5O4. The van der Waals surface area contributed by atoms with Crippen LogP contribution in [0.5, 0.6) is 5.75 Å². The molecule has 0 aliphatic carbocycles. The molecule has 2 heterocycles. The lowest BCUT2D eigenvalue weighted by Gasteiger charge is -2.38. The standard InChI is InChI=1S/C20H24FN5O4/c1-24-9-10-26(20(29)16-6-7-18(27)25(2)23-16)13-17(24)19(28)22-8-11-30-15-5-3-4-14(21)12-15/h3-7,12,17H,8-11,13H2,1-2H3,(H,22,28). The second-order valence-corrected chi connectivity index (χ2v) is 7.02. The van der Waals surface area contributed by atoms with E-state index in [1.807, 2.05) is 11.9 Å². The number of benzene rings is 1. The highest BCUT2D eigenvalue weighted by atomic mass is 19.1. The van der Waals surface area contributed by atoms with E-state index < -0.39 is 11.9 Å². The van der Waals surface area contributed by atoms with Crippen LogP contribution in [0.1, 0.15) is 10.5 Å². The Morgan fingerprint density at radius 3 is 2.77 bits per heavy atom. The largest absolute Gasteiger partial charge is 0.492 e. The van der Waals surface area contributed by atoms with Crippen molar-refractivity contribution < 1.29 is 18.7 Å². The number of hydrogen-bond donors (Lipinski definition) is 1. The Morgan fingerprint density at radius 1 is 1.23 bits per heavy atom. The molecule has 1 aromatic carbocycles. The molecule has 30 heavy (non-hydrogen) atoms. The maximum atomic E-state index is 13.1. The number of piperazine rings is 1. The van der Waals surface area contributed by atoms with Crippen LogP contribution in [0.2, 0.25) is 0 Å². The van der Waals surface area contributed by atoms with Crippen LogP contribution in [0.3, 0.4) is 0 Å². The summed E-state index contributed by atoms with van der Waals surface area (Å²) in [5, 5.41) is 6.77. The van der Waals surface area contributed by atoms with Gasteiger partial charge in [-0.15, -0.1) is 0 Å². The highest BCUT2D eigenvalue weighted by Gasteiger charge is 2.33. The zero-order chi connectivity index (χ0) is 21.7. The average Bonchev–Trinajstić information content (AvgIpc) is 2.73. The molecule has 2 amide bonds. The summed E-state index contributed by atoms with van der Waals surface area (Å²) >= 11 is 0. The first-order valence-corrected chi connectivity index (χ1v) is 9.55. The highest BCUT2D eigenvalue weighted by molar-refractivity contribution is 5.93. The Labute approximate surface area is 173 Å². The average molecular weight is 417 g/mol. The van der Waals surface area contributed by atoms with Crippen molar-refractivity contribution in [3.05, 3.63) is 58.3 Å². The monoisotopic (exact) mass is 417 g/mol. The summed E-state index contributed by atoms with van der Waals surface area (Å²) in [5.41, 5.74) is -0.146. The summed E-state index contributed by atoms with van der Waals surface area (Å²) in [7, 11) is 3.30. The summed E-state index contributed by atoms with van der Waals surface area (Å²) in [6, 6.07) is 7.94. The number of halogens is 1. The van der Waals surface area contributed by atoms with E-state index in [9.17, 15) is 18.8 Å². The fourth-order valence-electron chi connectivity index (χ4n) is 3.14. The second-order valence-electron chi connectivity index (χ2n) is 7.02. The topological polar surface area (TPSA) is 96.8 Å². The summed E-state index contributed by atoms with van der Waals surface area (Å²) < 4.78 is 19.7. The van der Waals surface area contributed by atoms with Crippen LogP contribution in [0.25, 0.3) is 0 Å². The SMILES string of the molecule is CN1CCN(C(=O)c2ccc(=O)n(C)n2)CC1C(=O)NCCOc1cccc(F)c1. The van der Waals surface area contributed by atoms with E-state index in [2.05, 4.69) is 10.4 Å². The first-order valence-electron chi connectivity index (χ1n) is 9.55. The molecule has 0 bridgehead atoms. The lowest BCUT2D eigenvalue weighted by molar-refractivity contribution is -0.127. The van der Waals surface area contributed by atoms with Gasteiger partial charge in [0.1, 0.15) is 29.9 Å². The van der Waals surface area contributed by atoms with E-state index in [1.165, 1.54) is 31.3 Å².